The molecule has 1 aliphatic rings. The Balaban J connectivity index is 1.72. The summed E-state index contributed by atoms with van der Waals surface area (Å²) < 4.78 is 5.40. The van der Waals surface area contributed by atoms with E-state index < -0.39 is 4.92 Å². The summed E-state index contributed by atoms with van der Waals surface area (Å²) in [4.78, 5) is 25.2. The molecule has 0 saturated carbocycles. The predicted octanol–water partition coefficient (Wildman–Crippen LogP) is 4.33. The van der Waals surface area contributed by atoms with Gasteiger partial charge in [0, 0.05) is 61.8 Å². The maximum atomic E-state index is 12.9. The number of rotatable bonds is 7. The van der Waals surface area contributed by atoms with Gasteiger partial charge in [-0.15, -0.1) is 0 Å². The molecule has 2 aromatic rings. The second kappa shape index (κ2) is 9.76. The molecule has 7 nitrogen and oxygen atoms in total. The normalized spacial score (nSPS) is 14.4. The van der Waals surface area contributed by atoms with Gasteiger partial charge in [0.05, 0.1) is 10.5 Å². The van der Waals surface area contributed by atoms with E-state index in [1.165, 1.54) is 12.1 Å². The van der Waals surface area contributed by atoms with Gasteiger partial charge >= 0.3 is 0 Å². The fourth-order valence-electron chi connectivity index (χ4n) is 3.20. The minimum Gasteiger partial charge on any atom is -0.381 e. The minimum absolute atomic E-state index is 0.109. The molecule has 3 rings (SSSR count). The summed E-state index contributed by atoms with van der Waals surface area (Å²) in [6.45, 7) is 1.65. The van der Waals surface area contributed by atoms with Crippen molar-refractivity contribution in [1.82, 2.24) is 0 Å². The molecule has 1 fully saturated rings. The predicted molar refractivity (Wildman–Crippen MR) is 117 cm³/mol. The highest BCUT2D eigenvalue weighted by atomic mass is 32.2. The van der Waals surface area contributed by atoms with Crippen molar-refractivity contribution in [2.45, 2.75) is 23.8 Å². The second-order valence-electron chi connectivity index (χ2n) is 7.13. The first-order valence-electron chi connectivity index (χ1n) is 9.49. The first-order valence-corrected chi connectivity index (χ1v) is 10.5. The first kappa shape index (κ1) is 21.1. The molecule has 0 aliphatic carbocycles. The van der Waals surface area contributed by atoms with Crippen molar-refractivity contribution < 1.29 is 14.5 Å². The van der Waals surface area contributed by atoms with Gasteiger partial charge in [0.1, 0.15) is 0 Å². The van der Waals surface area contributed by atoms with E-state index in [-0.39, 0.29) is 17.2 Å². The molecule has 8 heteroatoms. The van der Waals surface area contributed by atoms with Crippen molar-refractivity contribution >= 4 is 34.7 Å². The van der Waals surface area contributed by atoms with Crippen LogP contribution < -0.4 is 10.2 Å². The van der Waals surface area contributed by atoms with E-state index in [4.69, 9.17) is 4.74 Å². The van der Waals surface area contributed by atoms with Gasteiger partial charge in [-0.25, -0.2) is 0 Å². The van der Waals surface area contributed by atoms with E-state index in [1.807, 2.05) is 36.0 Å². The van der Waals surface area contributed by atoms with Crippen molar-refractivity contribution in [2.24, 2.45) is 0 Å². The van der Waals surface area contributed by atoms with Gasteiger partial charge in [0.25, 0.3) is 11.6 Å². The quantitative estimate of drug-likeness (QED) is 0.535. The van der Waals surface area contributed by atoms with Gasteiger partial charge in [-0.3, -0.25) is 14.9 Å². The van der Waals surface area contributed by atoms with Gasteiger partial charge in [-0.1, -0.05) is 12.1 Å². The van der Waals surface area contributed by atoms with E-state index >= 15 is 0 Å². The first-order chi connectivity index (χ1) is 13.9. The molecule has 29 heavy (non-hydrogen) atoms. The molecule has 1 saturated heterocycles. The zero-order valence-corrected chi connectivity index (χ0v) is 17.4. The number of hydrogen-bond donors (Lipinski definition) is 1. The Morgan fingerprint density at radius 1 is 1.24 bits per heavy atom. The Bertz CT molecular complexity index is 882. The molecule has 1 aliphatic heterocycles. The number of nitro benzene ring substituents is 1. The van der Waals surface area contributed by atoms with Crippen LogP contribution >= 0.6 is 11.8 Å². The van der Waals surface area contributed by atoms with Crippen molar-refractivity contribution in [3.8, 4) is 0 Å². The zero-order chi connectivity index (χ0) is 20.8. The third-order valence-electron chi connectivity index (χ3n) is 4.76. The number of thioether (sulfide) groups is 1. The summed E-state index contributed by atoms with van der Waals surface area (Å²) in [5.41, 5.74) is 2.59. The zero-order valence-electron chi connectivity index (χ0n) is 16.6. The van der Waals surface area contributed by atoms with Crippen LogP contribution in [0, 0.1) is 10.1 Å². The summed E-state index contributed by atoms with van der Waals surface area (Å²) in [5, 5.41) is 14.6. The molecule has 0 aromatic heterocycles. The Hall–Kier alpha value is -2.58. The highest BCUT2D eigenvalue weighted by Gasteiger charge is 2.18. The van der Waals surface area contributed by atoms with Crippen molar-refractivity contribution in [1.29, 1.82) is 0 Å². The number of nitrogens with one attached hydrogen (secondary N) is 1. The number of nitro groups is 1. The number of carbonyl (C=O) groups is 1. The number of nitrogens with zero attached hydrogens (tertiary/aromatic N) is 2. The number of benzene rings is 2. The highest BCUT2D eigenvalue weighted by Crippen LogP contribution is 2.28. The van der Waals surface area contributed by atoms with Crippen LogP contribution in [0.3, 0.4) is 0 Å². The summed E-state index contributed by atoms with van der Waals surface area (Å²) in [5.74, 6) is 0.500. The third-order valence-corrected chi connectivity index (χ3v) is 6.20. The van der Waals surface area contributed by atoms with Crippen LogP contribution in [0.1, 0.15) is 28.8 Å². The standard InChI is InChI=1S/C21H25N3O4S/c1-23(2)20-7-6-17(24(26)27)13-19(20)21(25)22-16-5-3-4-15(12-16)14-29-18-8-10-28-11-9-18/h3-7,12-13,18H,8-11,14H2,1-2H3,(H,22,25). The summed E-state index contributed by atoms with van der Waals surface area (Å²) in [6, 6.07) is 12.0. The van der Waals surface area contributed by atoms with Gasteiger partial charge in [-0.2, -0.15) is 11.8 Å². The molecule has 0 radical (unpaired) electrons. The topological polar surface area (TPSA) is 84.7 Å². The van der Waals surface area contributed by atoms with Crippen molar-refractivity contribution in [3.63, 3.8) is 0 Å². The Morgan fingerprint density at radius 2 is 2.00 bits per heavy atom. The van der Waals surface area contributed by atoms with Crippen LogP contribution in [-0.2, 0) is 10.5 Å². The van der Waals surface area contributed by atoms with E-state index in [2.05, 4.69) is 5.32 Å². The Labute approximate surface area is 174 Å². The molecule has 0 bridgehead atoms. The average molecular weight is 416 g/mol. The lowest BCUT2D eigenvalue weighted by Crippen LogP contribution is -2.19. The molecule has 0 atom stereocenters. The van der Waals surface area contributed by atoms with Crippen molar-refractivity contribution in [3.05, 3.63) is 63.7 Å². The van der Waals surface area contributed by atoms with Crippen LogP contribution in [0.25, 0.3) is 0 Å². The van der Waals surface area contributed by atoms with Crippen LogP contribution in [0.15, 0.2) is 42.5 Å². The summed E-state index contributed by atoms with van der Waals surface area (Å²) in [7, 11) is 3.60. The maximum Gasteiger partial charge on any atom is 0.270 e. The molecule has 1 heterocycles. The number of carbonyl (C=O) groups excluding carboxylic acids is 1. The molecule has 0 unspecified atom stereocenters. The maximum absolute atomic E-state index is 12.9. The van der Waals surface area contributed by atoms with Gasteiger partial charge in [0.15, 0.2) is 0 Å². The minimum atomic E-state index is -0.496. The van der Waals surface area contributed by atoms with Crippen LogP contribution in [0.5, 0.6) is 0 Å². The number of hydrogen-bond acceptors (Lipinski definition) is 6. The summed E-state index contributed by atoms with van der Waals surface area (Å²) in [6.07, 6.45) is 2.14. The average Bonchev–Trinajstić information content (AvgIpc) is 2.72. The SMILES string of the molecule is CN(C)c1ccc([N+](=O)[O-])cc1C(=O)Nc1cccc(CSC2CCOCC2)c1. The Kier molecular flexibility index (Phi) is 7.11. The molecular formula is C21H25N3O4S. The smallest absolute Gasteiger partial charge is 0.270 e. The van der Waals surface area contributed by atoms with E-state index in [1.54, 1.807) is 25.1 Å². The van der Waals surface area contributed by atoms with E-state index in [9.17, 15) is 14.9 Å². The van der Waals surface area contributed by atoms with Gasteiger partial charge < -0.3 is 15.0 Å². The van der Waals surface area contributed by atoms with Crippen molar-refractivity contribution in [2.75, 3.05) is 37.5 Å². The van der Waals surface area contributed by atoms with Gasteiger partial charge in [-0.05, 0) is 36.6 Å². The lowest BCUT2D eigenvalue weighted by Gasteiger charge is -2.21. The monoisotopic (exact) mass is 415 g/mol. The van der Waals surface area contributed by atoms with Crippen LogP contribution in [-0.4, -0.2) is 43.4 Å². The number of amides is 1. The highest BCUT2D eigenvalue weighted by molar-refractivity contribution is 7.99. The largest absolute Gasteiger partial charge is 0.381 e. The molecular weight excluding hydrogens is 390 g/mol. The molecule has 1 N–H and O–H groups in total. The number of non-ortho nitro benzene ring substituents is 1. The van der Waals surface area contributed by atoms with Gasteiger partial charge in [0.2, 0.25) is 0 Å². The van der Waals surface area contributed by atoms with Crippen LogP contribution in [0.4, 0.5) is 17.1 Å². The van der Waals surface area contributed by atoms with E-state index in [0.29, 0.717) is 16.6 Å². The third kappa shape index (κ3) is 5.71. The summed E-state index contributed by atoms with van der Waals surface area (Å²) >= 11 is 1.91. The molecule has 0 spiro atoms. The molecule has 2 aromatic carbocycles. The lowest BCUT2D eigenvalue weighted by molar-refractivity contribution is -0.384. The number of anilines is 2. The lowest BCUT2D eigenvalue weighted by atomic mass is 10.1. The second-order valence-corrected chi connectivity index (χ2v) is 8.42. The molecule has 1 amide bonds. The van der Waals surface area contributed by atoms with E-state index in [0.717, 1.165) is 37.4 Å². The Morgan fingerprint density at radius 3 is 2.69 bits per heavy atom. The molecule has 154 valence electrons. The fraction of sp³-hybridized carbons (Fsp3) is 0.381. The fourth-order valence-corrected chi connectivity index (χ4v) is 4.34. The van der Waals surface area contributed by atoms with Crippen LogP contribution in [0.2, 0.25) is 0 Å². The number of ether oxygens (including phenoxy) is 1.